The maximum atomic E-state index is 11.4. The zero-order chi connectivity index (χ0) is 12.9. The molecular weight excluding hydrogens is 238 g/mol. The molecule has 3 amide bonds. The highest BCUT2D eigenvalue weighted by atomic mass is 32.2. The van der Waals surface area contributed by atoms with Crippen LogP contribution in [-0.2, 0) is 14.8 Å². The third kappa shape index (κ3) is 4.34. The average molecular weight is 253 g/mol. The summed E-state index contributed by atoms with van der Waals surface area (Å²) in [4.78, 5) is 21.9. The molecule has 0 aliphatic rings. The Hall–Kier alpha value is -1.51. The fraction of sp³-hybridized carbons (Fsp3) is 0.714. The quantitative estimate of drug-likeness (QED) is 0.673. The summed E-state index contributed by atoms with van der Waals surface area (Å²) < 4.78 is 27.6. The first-order valence-corrected chi connectivity index (χ1v) is 6.11. The molecule has 0 saturated heterocycles. The monoisotopic (exact) mass is 253 g/mol. The van der Waals surface area contributed by atoms with Gasteiger partial charge in [-0.05, 0) is 20.8 Å². The van der Waals surface area contributed by atoms with Crippen molar-refractivity contribution < 1.29 is 22.7 Å². The molecule has 0 aromatic carbocycles. The van der Waals surface area contributed by atoms with E-state index in [4.69, 9.17) is 5.73 Å². The van der Waals surface area contributed by atoms with Gasteiger partial charge in [-0.2, -0.15) is 0 Å². The number of primary amides is 1. The van der Waals surface area contributed by atoms with Gasteiger partial charge < -0.3 is 10.5 Å². The summed E-state index contributed by atoms with van der Waals surface area (Å²) in [6, 6.07) is -1.17. The van der Waals surface area contributed by atoms with Gasteiger partial charge in [0, 0.05) is 0 Å². The van der Waals surface area contributed by atoms with Crippen LogP contribution in [0.15, 0.2) is 0 Å². The van der Waals surface area contributed by atoms with Crippen molar-refractivity contribution in [3.63, 3.8) is 0 Å². The van der Waals surface area contributed by atoms with E-state index in [1.54, 1.807) is 19.3 Å². The van der Waals surface area contributed by atoms with Crippen LogP contribution in [0.2, 0.25) is 0 Å². The highest BCUT2D eigenvalue weighted by Crippen LogP contribution is 2.03. The molecule has 94 valence electrons. The standard InChI is InChI=1S/C7H15N3O5S/c1-4-16(13,14)10(9-6(8)11)7(12)15-5(2)3/h5H,4H2,1-3H3,(H3,8,9,11). The van der Waals surface area contributed by atoms with Gasteiger partial charge in [-0.3, -0.25) is 0 Å². The number of nitrogens with two attached hydrogens (primary N) is 1. The van der Waals surface area contributed by atoms with Crippen LogP contribution in [0.4, 0.5) is 9.59 Å². The predicted octanol–water partition coefficient (Wildman–Crippen LogP) is -0.234. The number of urea groups is 1. The molecule has 8 nitrogen and oxygen atoms in total. The van der Waals surface area contributed by atoms with E-state index in [2.05, 4.69) is 4.74 Å². The number of rotatable bonds is 3. The van der Waals surface area contributed by atoms with Crippen molar-refractivity contribution >= 4 is 22.1 Å². The molecule has 0 aromatic rings. The van der Waals surface area contributed by atoms with Crippen molar-refractivity contribution in [1.29, 1.82) is 0 Å². The molecule has 0 atom stereocenters. The summed E-state index contributed by atoms with van der Waals surface area (Å²) in [5, 5.41) is 0. The Balaban J connectivity index is 4.95. The smallest absolute Gasteiger partial charge is 0.443 e. The third-order valence-electron chi connectivity index (χ3n) is 1.36. The minimum Gasteiger partial charge on any atom is -0.445 e. The molecule has 0 saturated carbocycles. The van der Waals surface area contributed by atoms with Crippen LogP contribution in [0.5, 0.6) is 0 Å². The van der Waals surface area contributed by atoms with Gasteiger partial charge in [0.15, 0.2) is 0 Å². The number of carbonyl (C=O) groups excluding carboxylic acids is 2. The van der Waals surface area contributed by atoms with Gasteiger partial charge in [-0.25, -0.2) is 23.4 Å². The Morgan fingerprint density at radius 2 is 1.94 bits per heavy atom. The first-order chi connectivity index (χ1) is 7.20. The molecule has 0 fully saturated rings. The Bertz CT molecular complexity index is 364. The van der Waals surface area contributed by atoms with Crippen LogP contribution < -0.4 is 11.2 Å². The SMILES string of the molecule is CCS(=O)(=O)N(NC(N)=O)C(=O)OC(C)C. The van der Waals surface area contributed by atoms with E-state index in [9.17, 15) is 18.0 Å². The Morgan fingerprint density at radius 1 is 1.44 bits per heavy atom. The Kier molecular flexibility index (Phi) is 5.02. The first-order valence-electron chi connectivity index (χ1n) is 4.50. The number of hydrogen-bond acceptors (Lipinski definition) is 5. The molecule has 9 heteroatoms. The molecule has 0 unspecified atom stereocenters. The fourth-order valence-electron chi connectivity index (χ4n) is 0.707. The number of sulfonamides is 1. The van der Waals surface area contributed by atoms with Crippen molar-refractivity contribution in [3.05, 3.63) is 0 Å². The van der Waals surface area contributed by atoms with Crippen molar-refractivity contribution in [3.8, 4) is 0 Å². The van der Waals surface area contributed by atoms with Gasteiger partial charge in [0.1, 0.15) is 0 Å². The highest BCUT2D eigenvalue weighted by Gasteiger charge is 2.29. The highest BCUT2D eigenvalue weighted by molar-refractivity contribution is 7.89. The number of amides is 3. The maximum Gasteiger partial charge on any atom is 0.443 e. The third-order valence-corrected chi connectivity index (χ3v) is 2.88. The second-order valence-corrected chi connectivity index (χ2v) is 5.18. The summed E-state index contributed by atoms with van der Waals surface area (Å²) in [5.74, 6) is -0.375. The van der Waals surface area contributed by atoms with Gasteiger partial charge >= 0.3 is 12.1 Å². The molecule has 0 bridgehead atoms. The molecule has 16 heavy (non-hydrogen) atoms. The second kappa shape index (κ2) is 5.54. The topological polar surface area (TPSA) is 119 Å². The number of ether oxygens (including phenoxy) is 1. The summed E-state index contributed by atoms with van der Waals surface area (Å²) >= 11 is 0. The van der Waals surface area contributed by atoms with Crippen LogP contribution in [0.3, 0.4) is 0 Å². The molecule has 0 radical (unpaired) electrons. The summed E-state index contributed by atoms with van der Waals surface area (Å²) in [7, 11) is -3.95. The van der Waals surface area contributed by atoms with E-state index >= 15 is 0 Å². The normalized spacial score (nSPS) is 11.0. The minimum atomic E-state index is -3.95. The average Bonchev–Trinajstić information content (AvgIpc) is 2.12. The molecule has 3 N–H and O–H groups in total. The first kappa shape index (κ1) is 14.5. The van der Waals surface area contributed by atoms with Crippen LogP contribution in [-0.4, -0.2) is 36.8 Å². The lowest BCUT2D eigenvalue weighted by Crippen LogP contribution is -2.52. The number of nitrogens with one attached hydrogen (secondary N) is 1. The van der Waals surface area contributed by atoms with E-state index in [0.29, 0.717) is 0 Å². The largest absolute Gasteiger partial charge is 0.445 e. The van der Waals surface area contributed by atoms with Crippen molar-refractivity contribution in [2.24, 2.45) is 5.73 Å². The number of hydrazine groups is 1. The van der Waals surface area contributed by atoms with Gasteiger partial charge in [0.05, 0.1) is 11.9 Å². The lowest BCUT2D eigenvalue weighted by molar-refractivity contribution is 0.0894. The van der Waals surface area contributed by atoms with Gasteiger partial charge in [-0.1, -0.05) is 0 Å². The van der Waals surface area contributed by atoms with Crippen molar-refractivity contribution in [2.75, 3.05) is 5.75 Å². The Labute approximate surface area is 93.7 Å². The maximum absolute atomic E-state index is 11.4. The van der Waals surface area contributed by atoms with E-state index in [0.717, 1.165) is 0 Å². The van der Waals surface area contributed by atoms with Gasteiger partial charge in [0.2, 0.25) is 0 Å². The fourth-order valence-corrected chi connectivity index (χ4v) is 1.46. The molecule has 0 rings (SSSR count). The van der Waals surface area contributed by atoms with Gasteiger partial charge in [-0.15, -0.1) is 4.41 Å². The van der Waals surface area contributed by atoms with E-state index < -0.39 is 28.3 Å². The summed E-state index contributed by atoms with van der Waals surface area (Å²) in [6.07, 6.45) is -1.72. The van der Waals surface area contributed by atoms with Gasteiger partial charge in [0.25, 0.3) is 10.0 Å². The zero-order valence-electron chi connectivity index (χ0n) is 9.26. The minimum absolute atomic E-state index is 0.0926. The van der Waals surface area contributed by atoms with Crippen LogP contribution in [0.1, 0.15) is 20.8 Å². The molecule has 0 spiro atoms. The second-order valence-electron chi connectivity index (χ2n) is 3.07. The van der Waals surface area contributed by atoms with Crippen molar-refractivity contribution in [2.45, 2.75) is 26.9 Å². The van der Waals surface area contributed by atoms with E-state index in [1.807, 2.05) is 0 Å². The number of hydrogen-bond donors (Lipinski definition) is 2. The van der Waals surface area contributed by atoms with E-state index in [1.165, 1.54) is 6.92 Å². The van der Waals surface area contributed by atoms with Crippen LogP contribution >= 0.6 is 0 Å². The molecule has 0 aromatic heterocycles. The zero-order valence-corrected chi connectivity index (χ0v) is 10.1. The van der Waals surface area contributed by atoms with Crippen LogP contribution in [0, 0.1) is 0 Å². The predicted molar refractivity (Wildman–Crippen MR) is 55.6 cm³/mol. The lowest BCUT2D eigenvalue weighted by Gasteiger charge is -2.21. The molecular formula is C7H15N3O5S. The molecule has 0 heterocycles. The molecule has 0 aliphatic carbocycles. The van der Waals surface area contributed by atoms with E-state index in [-0.39, 0.29) is 10.2 Å². The summed E-state index contributed by atoms with van der Waals surface area (Å²) in [5.41, 5.74) is 6.44. The lowest BCUT2D eigenvalue weighted by atomic mass is 10.5. The molecule has 0 aliphatic heterocycles. The van der Waals surface area contributed by atoms with Crippen LogP contribution in [0.25, 0.3) is 0 Å². The number of carbonyl (C=O) groups is 2. The Morgan fingerprint density at radius 3 is 2.25 bits per heavy atom. The summed E-state index contributed by atoms with van der Waals surface area (Å²) in [6.45, 7) is 4.39. The number of nitrogens with zero attached hydrogens (tertiary/aromatic N) is 1. The van der Waals surface area contributed by atoms with Crippen molar-refractivity contribution in [1.82, 2.24) is 9.84 Å².